The molecule has 0 N–H and O–H groups in total. The van der Waals surface area contributed by atoms with Crippen molar-refractivity contribution >= 4 is 87.2 Å². The second kappa shape index (κ2) is 13.2. The lowest BCUT2D eigenvalue weighted by molar-refractivity contribution is 0.813. The van der Waals surface area contributed by atoms with Gasteiger partial charge in [-0.2, -0.15) is 0 Å². The molecule has 2 aliphatic heterocycles. The molecule has 302 valence electrons. The fraction of sp³-hybridized carbons (Fsp3) is 0.0667. The molecule has 10 aromatic carbocycles. The molecule has 0 amide bonds. The molecule has 0 bridgehead atoms. The molecule has 0 spiro atoms. The van der Waals surface area contributed by atoms with Crippen LogP contribution >= 0.6 is 0 Å². The molecule has 2 aromatic heterocycles. The van der Waals surface area contributed by atoms with E-state index < -0.39 is 0 Å². The minimum absolute atomic E-state index is 0.846. The Morgan fingerprint density at radius 3 is 1.16 bits per heavy atom. The van der Waals surface area contributed by atoms with Gasteiger partial charge in [0.15, 0.2) is 0 Å². The number of benzene rings is 10. The largest absolute Gasteiger partial charge is 0.340 e. The topological polar surface area (TPSA) is 19.7 Å². The van der Waals surface area contributed by atoms with Gasteiger partial charge < -0.3 is 18.3 Å². The van der Waals surface area contributed by atoms with Crippen molar-refractivity contribution in [2.45, 2.75) is 26.9 Å². The second-order valence-electron chi connectivity index (χ2n) is 17.4. The van der Waals surface area contributed by atoms with E-state index in [1.165, 1.54) is 132 Å². The van der Waals surface area contributed by atoms with Crippen LogP contribution in [0.4, 0.5) is 0 Å². The zero-order valence-electron chi connectivity index (χ0n) is 35.7. The first-order chi connectivity index (χ1) is 31.7. The maximum Gasteiger partial charge on any atom is 0.0578 e. The summed E-state index contributed by atoms with van der Waals surface area (Å²) in [7, 11) is 0. The summed E-state index contributed by atoms with van der Waals surface area (Å²) in [4.78, 5) is 0. The molecule has 4 heteroatoms. The minimum Gasteiger partial charge on any atom is -0.340 e. The highest BCUT2D eigenvalue weighted by Crippen LogP contribution is 2.53. The van der Waals surface area contributed by atoms with Crippen LogP contribution in [0.5, 0.6) is 0 Å². The first-order valence-electron chi connectivity index (χ1n) is 22.6. The van der Waals surface area contributed by atoms with Gasteiger partial charge in [-0.1, -0.05) is 109 Å². The molecule has 4 nitrogen and oxygen atoms in total. The summed E-state index contributed by atoms with van der Waals surface area (Å²) in [5.74, 6) is 0. The third kappa shape index (κ3) is 4.66. The van der Waals surface area contributed by atoms with Gasteiger partial charge in [0.1, 0.15) is 0 Å². The van der Waals surface area contributed by atoms with Gasteiger partial charge in [0, 0.05) is 90.1 Å². The average Bonchev–Trinajstić information content (AvgIpc) is 3.87. The standard InChI is InChI=1S/C60H42N4/c1-3-61-53-27-15-17-39-36-46(38-30-32-52-48(34-38)44-24-12-14-26-50(44)64(52)42-21-9-6-10-22-42)60-58(55(39)53)57-56-40(18-16-28-54(56)62(60)4-2)35-45(59(57)61)37-29-31-51-47(33-37)43-23-11-13-25-49(43)63(51)41-19-7-5-8-20-41/h5-36H,3-4H2,1-2H3. The fourth-order valence-electron chi connectivity index (χ4n) is 11.7. The summed E-state index contributed by atoms with van der Waals surface area (Å²) in [6.45, 7) is 6.31. The van der Waals surface area contributed by atoms with Crippen molar-refractivity contribution in [2.24, 2.45) is 0 Å². The maximum atomic E-state index is 2.60. The quantitative estimate of drug-likeness (QED) is 0.118. The molecule has 12 aromatic rings. The predicted octanol–water partition coefficient (Wildman–Crippen LogP) is 16.0. The van der Waals surface area contributed by atoms with E-state index in [0.717, 1.165) is 13.1 Å². The lowest BCUT2D eigenvalue weighted by Gasteiger charge is -2.31. The fourth-order valence-corrected chi connectivity index (χ4v) is 11.7. The molecule has 0 radical (unpaired) electrons. The minimum atomic E-state index is 0.846. The molecule has 2 aliphatic rings. The average molecular weight is 819 g/mol. The molecule has 0 aliphatic carbocycles. The van der Waals surface area contributed by atoms with Gasteiger partial charge in [-0.05, 0) is 121 Å². The highest BCUT2D eigenvalue weighted by atomic mass is 15.0. The predicted molar refractivity (Wildman–Crippen MR) is 271 cm³/mol. The van der Waals surface area contributed by atoms with Gasteiger partial charge in [-0.15, -0.1) is 0 Å². The smallest absolute Gasteiger partial charge is 0.0578 e. The summed E-state index contributed by atoms with van der Waals surface area (Å²) in [6, 6.07) is 72.4. The summed E-state index contributed by atoms with van der Waals surface area (Å²) in [5.41, 5.74) is 20.0. The zero-order valence-corrected chi connectivity index (χ0v) is 35.7. The number of para-hydroxylation sites is 4. The number of hydrogen-bond acceptors (Lipinski definition) is 0. The highest BCUT2D eigenvalue weighted by molar-refractivity contribution is 6.30. The van der Waals surface area contributed by atoms with E-state index in [2.05, 4.69) is 226 Å². The maximum absolute atomic E-state index is 2.60. The number of rotatable bonds is 6. The van der Waals surface area contributed by atoms with Gasteiger partial charge in [0.2, 0.25) is 0 Å². The Bertz CT molecular complexity index is 3870. The van der Waals surface area contributed by atoms with E-state index in [1.54, 1.807) is 0 Å². The van der Waals surface area contributed by atoms with E-state index in [-0.39, 0.29) is 0 Å². The molecule has 64 heavy (non-hydrogen) atoms. The van der Waals surface area contributed by atoms with Crippen LogP contribution in [-0.2, 0) is 13.1 Å². The molecule has 14 rings (SSSR count). The van der Waals surface area contributed by atoms with Crippen LogP contribution in [-0.4, -0.2) is 18.3 Å². The molecule has 4 heterocycles. The van der Waals surface area contributed by atoms with E-state index in [1.807, 2.05) is 0 Å². The summed E-state index contributed by atoms with van der Waals surface area (Å²) < 4.78 is 10.0. The van der Waals surface area contributed by atoms with Gasteiger partial charge in [0.05, 0.1) is 33.1 Å². The van der Waals surface area contributed by atoms with E-state index >= 15 is 0 Å². The van der Waals surface area contributed by atoms with E-state index in [4.69, 9.17) is 0 Å². The first kappa shape index (κ1) is 35.5. The van der Waals surface area contributed by atoms with E-state index in [0.29, 0.717) is 0 Å². The van der Waals surface area contributed by atoms with Crippen LogP contribution in [0.3, 0.4) is 0 Å². The van der Waals surface area contributed by atoms with E-state index in [9.17, 15) is 0 Å². The monoisotopic (exact) mass is 818 g/mol. The van der Waals surface area contributed by atoms with Gasteiger partial charge in [-0.3, -0.25) is 0 Å². The van der Waals surface area contributed by atoms with Crippen molar-refractivity contribution < 1.29 is 0 Å². The Morgan fingerprint density at radius 1 is 0.328 bits per heavy atom. The van der Waals surface area contributed by atoms with Crippen molar-refractivity contribution in [1.82, 2.24) is 18.3 Å². The lowest BCUT2D eigenvalue weighted by atomic mass is 9.82. The number of aryl methyl sites for hydroxylation is 2. The van der Waals surface area contributed by atoms with Crippen LogP contribution in [0.15, 0.2) is 194 Å². The Labute approximate surface area is 369 Å². The van der Waals surface area contributed by atoms with Crippen molar-refractivity contribution in [3.05, 3.63) is 194 Å². The normalized spacial score (nSPS) is 12.3. The highest BCUT2D eigenvalue weighted by Gasteiger charge is 2.30. The Morgan fingerprint density at radius 2 is 0.719 bits per heavy atom. The zero-order chi connectivity index (χ0) is 42.2. The van der Waals surface area contributed by atoms with Gasteiger partial charge in [-0.25, -0.2) is 0 Å². The summed E-state index contributed by atoms with van der Waals surface area (Å²) in [5, 5.41) is 10.3. The Balaban J connectivity index is 1.10. The molecule has 0 fully saturated rings. The van der Waals surface area contributed by atoms with Crippen molar-refractivity contribution in [1.29, 1.82) is 0 Å². The Kier molecular flexibility index (Phi) is 7.33. The van der Waals surface area contributed by atoms with Crippen molar-refractivity contribution in [3.63, 3.8) is 0 Å². The van der Waals surface area contributed by atoms with Crippen molar-refractivity contribution in [3.8, 4) is 44.8 Å². The number of nitrogens with zero attached hydrogens (tertiary/aromatic N) is 4. The van der Waals surface area contributed by atoms with Gasteiger partial charge >= 0.3 is 0 Å². The molecular weight excluding hydrogens is 777 g/mol. The first-order valence-corrected chi connectivity index (χ1v) is 22.6. The van der Waals surface area contributed by atoms with Crippen molar-refractivity contribution in [2.75, 3.05) is 0 Å². The number of pyridine rings is 2. The Hall–Kier alpha value is -8.08. The third-order valence-corrected chi connectivity index (χ3v) is 14.2. The number of aromatic nitrogens is 4. The van der Waals surface area contributed by atoms with Crippen LogP contribution in [0, 0.1) is 0 Å². The third-order valence-electron chi connectivity index (χ3n) is 14.2. The number of fused-ring (bicyclic) bond motifs is 6. The SMILES string of the molecule is CCn1c2c(-c3ccc4c(c3)c3ccccc3n4-c3ccccc3)cc3cccc4c3c2-c2c3c(cccc31)cc(-c1ccc3c(c1)c1ccccc1n3-c1ccccc1)c2n4CC. The van der Waals surface area contributed by atoms with Crippen LogP contribution in [0.25, 0.3) is 132 Å². The molecule has 0 unspecified atom stereocenters. The van der Waals surface area contributed by atoms with Crippen LogP contribution in [0.1, 0.15) is 13.8 Å². The molecule has 0 atom stereocenters. The number of hydrogen-bond donors (Lipinski definition) is 0. The van der Waals surface area contributed by atoms with Crippen LogP contribution < -0.4 is 0 Å². The second-order valence-corrected chi connectivity index (χ2v) is 17.4. The molecule has 0 saturated heterocycles. The summed E-state index contributed by atoms with van der Waals surface area (Å²) >= 11 is 0. The van der Waals surface area contributed by atoms with Crippen LogP contribution in [0.2, 0.25) is 0 Å². The lowest BCUT2D eigenvalue weighted by Crippen LogP contribution is -2.12. The molecule has 0 saturated carbocycles. The molecular formula is C60H42N4. The van der Waals surface area contributed by atoms with Gasteiger partial charge in [0.25, 0.3) is 0 Å². The summed E-state index contributed by atoms with van der Waals surface area (Å²) in [6.07, 6.45) is 0.